The van der Waals surface area contributed by atoms with Crippen molar-refractivity contribution in [1.82, 2.24) is 0 Å². The normalized spacial score (nSPS) is 10.8. The van der Waals surface area contributed by atoms with Crippen molar-refractivity contribution in [3.05, 3.63) is 63.7 Å². The summed E-state index contributed by atoms with van der Waals surface area (Å²) in [6.07, 6.45) is 1.36. The van der Waals surface area contributed by atoms with E-state index >= 15 is 0 Å². The lowest BCUT2D eigenvalue weighted by Crippen LogP contribution is -2.15. The summed E-state index contributed by atoms with van der Waals surface area (Å²) in [6, 6.07) is 11.4. The van der Waals surface area contributed by atoms with Gasteiger partial charge >= 0.3 is 0 Å². The zero-order chi connectivity index (χ0) is 16.1. The SMILES string of the molecule is CCN(/N=C\c1cc([N+](=O)[O-])ccc1[O-])c1ccc(C)cc1. The highest BCUT2D eigenvalue weighted by molar-refractivity contribution is 5.84. The van der Waals surface area contributed by atoms with Gasteiger partial charge in [-0.25, -0.2) is 0 Å². The maximum atomic E-state index is 11.7. The smallest absolute Gasteiger partial charge is 0.270 e. The number of hydrogen-bond donors (Lipinski definition) is 0. The quantitative estimate of drug-likeness (QED) is 0.483. The van der Waals surface area contributed by atoms with E-state index in [1.54, 1.807) is 5.01 Å². The first kappa shape index (κ1) is 15.5. The van der Waals surface area contributed by atoms with Crippen LogP contribution in [-0.4, -0.2) is 17.7 Å². The second-order valence-corrected chi connectivity index (χ2v) is 4.78. The minimum Gasteiger partial charge on any atom is -0.872 e. The molecule has 0 heterocycles. The highest BCUT2D eigenvalue weighted by Crippen LogP contribution is 2.20. The molecule has 0 spiro atoms. The predicted molar refractivity (Wildman–Crippen MR) is 84.3 cm³/mol. The molecule has 0 aliphatic heterocycles. The minimum absolute atomic E-state index is 0.126. The van der Waals surface area contributed by atoms with Crippen molar-refractivity contribution in [1.29, 1.82) is 0 Å². The third kappa shape index (κ3) is 3.60. The molecular formula is C16H16N3O3-. The van der Waals surface area contributed by atoms with Crippen LogP contribution < -0.4 is 10.1 Å². The number of nitro benzene ring substituents is 1. The summed E-state index contributed by atoms with van der Waals surface area (Å²) in [5.41, 5.74) is 2.10. The Morgan fingerprint density at radius 2 is 1.91 bits per heavy atom. The number of non-ortho nitro benzene ring substituents is 1. The average Bonchev–Trinajstić information content (AvgIpc) is 2.50. The molecule has 0 radical (unpaired) electrons. The van der Waals surface area contributed by atoms with E-state index in [0.29, 0.717) is 6.54 Å². The second kappa shape index (κ2) is 6.71. The van der Waals surface area contributed by atoms with E-state index in [0.717, 1.165) is 11.3 Å². The van der Waals surface area contributed by atoms with Gasteiger partial charge in [0.15, 0.2) is 0 Å². The molecule has 0 saturated heterocycles. The van der Waals surface area contributed by atoms with Crippen molar-refractivity contribution in [2.75, 3.05) is 11.6 Å². The molecule has 2 rings (SSSR count). The van der Waals surface area contributed by atoms with Crippen LogP contribution in [0.15, 0.2) is 47.6 Å². The Kier molecular flexibility index (Phi) is 4.73. The van der Waals surface area contributed by atoms with Crippen LogP contribution >= 0.6 is 0 Å². The van der Waals surface area contributed by atoms with E-state index in [-0.39, 0.29) is 17.0 Å². The van der Waals surface area contributed by atoms with Crippen LogP contribution in [0, 0.1) is 17.0 Å². The highest BCUT2D eigenvalue weighted by atomic mass is 16.6. The summed E-state index contributed by atoms with van der Waals surface area (Å²) >= 11 is 0. The van der Waals surface area contributed by atoms with E-state index in [4.69, 9.17) is 0 Å². The summed E-state index contributed by atoms with van der Waals surface area (Å²) in [7, 11) is 0. The number of nitro groups is 1. The Balaban J connectivity index is 2.27. The molecule has 0 unspecified atom stereocenters. The number of anilines is 1. The van der Waals surface area contributed by atoms with E-state index in [9.17, 15) is 15.2 Å². The number of hydrazone groups is 1. The van der Waals surface area contributed by atoms with Crippen LogP contribution in [0.4, 0.5) is 11.4 Å². The largest absolute Gasteiger partial charge is 0.872 e. The molecule has 0 aliphatic rings. The first-order valence-corrected chi connectivity index (χ1v) is 6.85. The summed E-state index contributed by atoms with van der Waals surface area (Å²) in [4.78, 5) is 10.2. The van der Waals surface area contributed by atoms with Gasteiger partial charge in [-0.15, -0.1) is 0 Å². The topological polar surface area (TPSA) is 81.8 Å². The van der Waals surface area contributed by atoms with Crippen LogP contribution in [0.1, 0.15) is 18.1 Å². The Labute approximate surface area is 128 Å². The first-order valence-electron chi connectivity index (χ1n) is 6.85. The molecule has 0 amide bonds. The number of hydrogen-bond acceptors (Lipinski definition) is 5. The third-order valence-corrected chi connectivity index (χ3v) is 3.17. The maximum absolute atomic E-state index is 11.7. The van der Waals surface area contributed by atoms with Crippen LogP contribution in [0.2, 0.25) is 0 Å². The maximum Gasteiger partial charge on any atom is 0.270 e. The van der Waals surface area contributed by atoms with Gasteiger partial charge in [0.05, 0.1) is 16.8 Å². The van der Waals surface area contributed by atoms with Gasteiger partial charge in [-0.1, -0.05) is 29.5 Å². The fourth-order valence-corrected chi connectivity index (χ4v) is 1.93. The number of rotatable bonds is 5. The number of benzene rings is 2. The molecule has 6 heteroatoms. The fraction of sp³-hybridized carbons (Fsp3) is 0.188. The van der Waals surface area contributed by atoms with Gasteiger partial charge in [0.1, 0.15) is 0 Å². The third-order valence-electron chi connectivity index (χ3n) is 3.17. The van der Waals surface area contributed by atoms with Crippen LogP contribution in [0.3, 0.4) is 0 Å². The van der Waals surface area contributed by atoms with E-state index in [2.05, 4.69) is 5.10 Å². The lowest BCUT2D eigenvalue weighted by molar-refractivity contribution is -0.385. The van der Waals surface area contributed by atoms with E-state index < -0.39 is 4.92 Å². The molecule has 0 bridgehead atoms. The Morgan fingerprint density at radius 1 is 1.23 bits per heavy atom. The van der Waals surface area contributed by atoms with Gasteiger partial charge in [0, 0.05) is 18.7 Å². The van der Waals surface area contributed by atoms with Crippen molar-refractivity contribution >= 4 is 17.6 Å². The van der Waals surface area contributed by atoms with Gasteiger partial charge in [-0.3, -0.25) is 15.1 Å². The standard InChI is InChI=1S/C16H17N3O3/c1-3-18(14-6-4-12(2)5-7-14)17-11-13-10-15(19(21)22)8-9-16(13)20/h4-11,20H,3H2,1-2H3/p-1/b17-11-. The molecule has 22 heavy (non-hydrogen) atoms. The highest BCUT2D eigenvalue weighted by Gasteiger charge is 2.06. The number of nitrogens with zero attached hydrogens (tertiary/aromatic N) is 3. The van der Waals surface area contributed by atoms with Crippen LogP contribution in [0.5, 0.6) is 5.75 Å². The summed E-state index contributed by atoms with van der Waals surface area (Å²) in [6.45, 7) is 4.54. The molecule has 0 fully saturated rings. The number of aryl methyl sites for hydroxylation is 1. The molecule has 0 N–H and O–H groups in total. The Bertz CT molecular complexity index is 696. The van der Waals surface area contributed by atoms with Gasteiger partial charge < -0.3 is 5.11 Å². The first-order chi connectivity index (χ1) is 10.5. The summed E-state index contributed by atoms with van der Waals surface area (Å²) in [5, 5.41) is 28.5. The van der Waals surface area contributed by atoms with Gasteiger partial charge in [0.2, 0.25) is 0 Å². The average molecular weight is 298 g/mol. The van der Waals surface area contributed by atoms with Gasteiger partial charge in [0.25, 0.3) is 5.69 Å². The minimum atomic E-state index is -0.533. The molecule has 2 aromatic carbocycles. The Morgan fingerprint density at radius 3 is 2.50 bits per heavy atom. The zero-order valence-electron chi connectivity index (χ0n) is 12.4. The molecule has 6 nitrogen and oxygen atoms in total. The molecule has 0 atom stereocenters. The van der Waals surface area contributed by atoms with Crippen LogP contribution in [-0.2, 0) is 0 Å². The molecule has 2 aromatic rings. The molecule has 0 saturated carbocycles. The monoisotopic (exact) mass is 298 g/mol. The molecule has 0 aromatic heterocycles. The molecule has 114 valence electrons. The van der Waals surface area contributed by atoms with Crippen molar-refractivity contribution in [2.24, 2.45) is 5.10 Å². The summed E-state index contributed by atoms with van der Waals surface area (Å²) in [5.74, 6) is -0.297. The van der Waals surface area contributed by atoms with Crippen molar-refractivity contribution in [3.8, 4) is 5.75 Å². The van der Waals surface area contributed by atoms with Crippen molar-refractivity contribution < 1.29 is 10.0 Å². The second-order valence-electron chi connectivity index (χ2n) is 4.78. The Hall–Kier alpha value is -2.89. The lowest BCUT2D eigenvalue weighted by atomic mass is 10.2. The van der Waals surface area contributed by atoms with Crippen LogP contribution in [0.25, 0.3) is 0 Å². The summed E-state index contributed by atoms with van der Waals surface area (Å²) < 4.78 is 0. The molecular weight excluding hydrogens is 282 g/mol. The van der Waals surface area contributed by atoms with E-state index in [1.807, 2.05) is 38.1 Å². The van der Waals surface area contributed by atoms with Crippen molar-refractivity contribution in [3.63, 3.8) is 0 Å². The van der Waals surface area contributed by atoms with Crippen molar-refractivity contribution in [2.45, 2.75) is 13.8 Å². The predicted octanol–water partition coefficient (Wildman–Crippen LogP) is 2.84. The molecule has 0 aliphatic carbocycles. The fourth-order valence-electron chi connectivity index (χ4n) is 1.93. The lowest BCUT2D eigenvalue weighted by Gasteiger charge is -2.17. The van der Waals surface area contributed by atoms with E-state index in [1.165, 1.54) is 24.4 Å². The van der Waals surface area contributed by atoms with Gasteiger partial charge in [-0.2, -0.15) is 5.10 Å². The van der Waals surface area contributed by atoms with Gasteiger partial charge in [-0.05, 0) is 31.5 Å². The zero-order valence-corrected chi connectivity index (χ0v) is 12.4.